The maximum atomic E-state index is 10.7. The summed E-state index contributed by atoms with van der Waals surface area (Å²) < 4.78 is 20.7. The van der Waals surface area contributed by atoms with Crippen LogP contribution >= 0.6 is 0 Å². The fourth-order valence-corrected chi connectivity index (χ4v) is 1.24. The lowest BCUT2D eigenvalue weighted by Gasteiger charge is -2.26. The molecule has 0 fully saturated rings. The summed E-state index contributed by atoms with van der Waals surface area (Å²) in [5, 5.41) is 10.6. The Morgan fingerprint density at radius 3 is 2.14 bits per heavy atom. The van der Waals surface area contributed by atoms with E-state index in [1.54, 1.807) is 19.2 Å². The SMILES string of the molecule is CN(c1ccc(O)cc1)N(C)S(=O)O. The Balaban J connectivity index is 2.84. The number of nitrogens with zero attached hydrogens (tertiary/aromatic N) is 2. The molecule has 0 heterocycles. The first-order valence-electron chi connectivity index (χ1n) is 3.89. The summed E-state index contributed by atoms with van der Waals surface area (Å²) in [6, 6.07) is 6.33. The third-order valence-electron chi connectivity index (χ3n) is 1.87. The standard InChI is InChI=1S/C8H12N2O3S/c1-9(10(2)14(12)13)7-3-5-8(11)6-4-7/h3-6,11H,1-2H3,(H,12,13). The Bertz CT molecular complexity index is 328. The Hall–Kier alpha value is -1.11. The van der Waals surface area contributed by atoms with Crippen LogP contribution in [0.4, 0.5) is 5.69 Å². The first-order chi connectivity index (χ1) is 6.52. The highest BCUT2D eigenvalue weighted by Gasteiger charge is 2.11. The third-order valence-corrected chi connectivity index (χ3v) is 2.57. The van der Waals surface area contributed by atoms with Crippen LogP contribution in [0, 0.1) is 0 Å². The zero-order valence-corrected chi connectivity index (χ0v) is 8.73. The van der Waals surface area contributed by atoms with E-state index in [1.165, 1.54) is 24.2 Å². The number of phenolic OH excluding ortho intramolecular Hbond substituents is 1. The van der Waals surface area contributed by atoms with Crippen LogP contribution in [0.5, 0.6) is 5.75 Å². The van der Waals surface area contributed by atoms with Crippen molar-refractivity contribution in [3.8, 4) is 5.75 Å². The maximum absolute atomic E-state index is 10.7. The van der Waals surface area contributed by atoms with Crippen molar-refractivity contribution in [2.24, 2.45) is 0 Å². The van der Waals surface area contributed by atoms with Gasteiger partial charge in [-0.25, -0.2) is 4.21 Å². The Morgan fingerprint density at radius 2 is 1.71 bits per heavy atom. The molecule has 0 saturated carbocycles. The molecule has 5 nitrogen and oxygen atoms in total. The molecule has 0 aromatic heterocycles. The summed E-state index contributed by atoms with van der Waals surface area (Å²) in [6.45, 7) is 0. The van der Waals surface area contributed by atoms with Crippen LogP contribution in [0.2, 0.25) is 0 Å². The first kappa shape index (κ1) is 11.0. The monoisotopic (exact) mass is 216 g/mol. The van der Waals surface area contributed by atoms with E-state index in [9.17, 15) is 4.21 Å². The number of hydrazine groups is 1. The Morgan fingerprint density at radius 1 is 1.21 bits per heavy atom. The minimum atomic E-state index is -2.05. The van der Waals surface area contributed by atoms with Crippen LogP contribution in [0.15, 0.2) is 24.3 Å². The van der Waals surface area contributed by atoms with E-state index in [2.05, 4.69) is 0 Å². The lowest BCUT2D eigenvalue weighted by Crippen LogP contribution is -2.37. The average Bonchev–Trinajstić information content (AvgIpc) is 2.16. The lowest BCUT2D eigenvalue weighted by atomic mass is 10.3. The second-order valence-corrected chi connectivity index (χ2v) is 3.72. The van der Waals surface area contributed by atoms with Gasteiger partial charge in [-0.3, -0.25) is 9.56 Å². The van der Waals surface area contributed by atoms with E-state index < -0.39 is 11.3 Å². The van der Waals surface area contributed by atoms with Crippen molar-refractivity contribution in [1.82, 2.24) is 4.41 Å². The molecule has 0 bridgehead atoms. The van der Waals surface area contributed by atoms with Crippen LogP contribution < -0.4 is 5.01 Å². The molecular formula is C8H12N2O3S. The summed E-state index contributed by atoms with van der Waals surface area (Å²) in [7, 11) is 3.14. The van der Waals surface area contributed by atoms with E-state index in [-0.39, 0.29) is 5.75 Å². The number of phenols is 1. The molecule has 0 amide bonds. The number of hydrogen-bond donors (Lipinski definition) is 2. The fourth-order valence-electron chi connectivity index (χ4n) is 0.936. The topological polar surface area (TPSA) is 64.0 Å². The van der Waals surface area contributed by atoms with Crippen molar-refractivity contribution >= 4 is 17.0 Å². The number of anilines is 1. The first-order valence-corrected chi connectivity index (χ1v) is 4.96. The third kappa shape index (κ3) is 2.44. The van der Waals surface area contributed by atoms with Gasteiger partial charge in [-0.05, 0) is 24.3 Å². The van der Waals surface area contributed by atoms with Crippen molar-refractivity contribution < 1.29 is 13.9 Å². The smallest absolute Gasteiger partial charge is 0.253 e. The van der Waals surface area contributed by atoms with Crippen molar-refractivity contribution in [3.05, 3.63) is 24.3 Å². The minimum Gasteiger partial charge on any atom is -0.508 e. The van der Waals surface area contributed by atoms with Gasteiger partial charge in [0.1, 0.15) is 5.75 Å². The van der Waals surface area contributed by atoms with E-state index in [1.807, 2.05) is 0 Å². The van der Waals surface area contributed by atoms with E-state index in [4.69, 9.17) is 9.66 Å². The molecule has 0 aliphatic rings. The number of hydrogen-bond acceptors (Lipinski definition) is 3. The van der Waals surface area contributed by atoms with Crippen LogP contribution in [-0.2, 0) is 11.3 Å². The van der Waals surface area contributed by atoms with Crippen LogP contribution in [0.3, 0.4) is 0 Å². The van der Waals surface area contributed by atoms with Crippen LogP contribution in [0.1, 0.15) is 0 Å². The molecule has 78 valence electrons. The van der Waals surface area contributed by atoms with Gasteiger partial charge in [0.2, 0.25) is 0 Å². The highest BCUT2D eigenvalue weighted by Crippen LogP contribution is 2.18. The van der Waals surface area contributed by atoms with Gasteiger partial charge in [-0.1, -0.05) is 0 Å². The number of aromatic hydroxyl groups is 1. The quantitative estimate of drug-likeness (QED) is 0.580. The zero-order valence-electron chi connectivity index (χ0n) is 7.91. The Kier molecular flexibility index (Phi) is 3.45. The van der Waals surface area contributed by atoms with Crippen LogP contribution in [-0.4, -0.2) is 32.4 Å². The van der Waals surface area contributed by atoms with E-state index in [0.717, 1.165) is 4.41 Å². The summed E-state index contributed by atoms with van der Waals surface area (Å²) in [6.07, 6.45) is 0. The van der Waals surface area contributed by atoms with E-state index >= 15 is 0 Å². The van der Waals surface area contributed by atoms with Crippen molar-refractivity contribution in [2.45, 2.75) is 0 Å². The number of rotatable bonds is 3. The molecule has 0 spiro atoms. The van der Waals surface area contributed by atoms with Gasteiger partial charge in [0, 0.05) is 14.1 Å². The lowest BCUT2D eigenvalue weighted by molar-refractivity contribution is 0.441. The highest BCUT2D eigenvalue weighted by atomic mass is 32.2. The van der Waals surface area contributed by atoms with Gasteiger partial charge in [0.05, 0.1) is 5.69 Å². The molecule has 0 aliphatic heterocycles. The van der Waals surface area contributed by atoms with Gasteiger partial charge in [-0.2, -0.15) is 0 Å². The molecule has 1 unspecified atom stereocenters. The summed E-state index contributed by atoms with van der Waals surface area (Å²) in [5.41, 5.74) is 0.715. The van der Waals surface area contributed by atoms with Gasteiger partial charge < -0.3 is 5.11 Å². The fraction of sp³-hybridized carbons (Fsp3) is 0.250. The predicted molar refractivity (Wildman–Crippen MR) is 55.0 cm³/mol. The number of benzene rings is 1. The van der Waals surface area contributed by atoms with Gasteiger partial charge in [0.25, 0.3) is 11.3 Å². The second kappa shape index (κ2) is 4.41. The normalized spacial score (nSPS) is 12.9. The maximum Gasteiger partial charge on any atom is 0.253 e. The molecule has 14 heavy (non-hydrogen) atoms. The molecule has 0 radical (unpaired) electrons. The summed E-state index contributed by atoms with van der Waals surface area (Å²) in [4.78, 5) is 0. The zero-order chi connectivity index (χ0) is 10.7. The molecule has 1 aromatic rings. The predicted octanol–water partition coefficient (Wildman–Crippen LogP) is 0.812. The van der Waals surface area contributed by atoms with Crippen molar-refractivity contribution in [2.75, 3.05) is 19.1 Å². The van der Waals surface area contributed by atoms with E-state index in [0.29, 0.717) is 5.69 Å². The molecule has 0 saturated heterocycles. The largest absolute Gasteiger partial charge is 0.508 e. The average molecular weight is 216 g/mol. The van der Waals surface area contributed by atoms with Crippen LogP contribution in [0.25, 0.3) is 0 Å². The molecule has 1 atom stereocenters. The Labute approximate surface area is 85.0 Å². The molecular weight excluding hydrogens is 204 g/mol. The highest BCUT2D eigenvalue weighted by molar-refractivity contribution is 7.76. The van der Waals surface area contributed by atoms with Gasteiger partial charge >= 0.3 is 0 Å². The summed E-state index contributed by atoms with van der Waals surface area (Å²) >= 11 is -2.05. The van der Waals surface area contributed by atoms with Crippen molar-refractivity contribution in [1.29, 1.82) is 0 Å². The molecule has 1 aromatic carbocycles. The van der Waals surface area contributed by atoms with Crippen molar-refractivity contribution in [3.63, 3.8) is 0 Å². The second-order valence-electron chi connectivity index (χ2n) is 2.73. The minimum absolute atomic E-state index is 0.162. The molecule has 2 N–H and O–H groups in total. The molecule has 6 heteroatoms. The van der Waals surface area contributed by atoms with Gasteiger partial charge in [-0.15, -0.1) is 4.41 Å². The molecule has 0 aliphatic carbocycles. The summed E-state index contributed by atoms with van der Waals surface area (Å²) in [5.74, 6) is 0.162. The molecule has 1 rings (SSSR count). The van der Waals surface area contributed by atoms with Gasteiger partial charge in [0.15, 0.2) is 0 Å².